The standard InChI is InChI=1S/C25H38O2S/c1-2-3-4-5-6-7-8-9-10-11-12-13-14-15-16-17-18-19-20-21-23-28-24-22-25(26)27/h3-4,6-7,9-10,12-13,15-16,18-19H,2,5,8,11,14,17,20-24H2,1H3,(H,26,27). The van der Waals surface area contributed by atoms with E-state index in [0.29, 0.717) is 0 Å². The first-order valence-electron chi connectivity index (χ1n) is 10.5. The van der Waals surface area contributed by atoms with E-state index in [2.05, 4.69) is 79.8 Å². The maximum Gasteiger partial charge on any atom is 0.304 e. The van der Waals surface area contributed by atoms with Gasteiger partial charge in [-0.2, -0.15) is 11.8 Å². The van der Waals surface area contributed by atoms with Gasteiger partial charge in [-0.1, -0.05) is 79.8 Å². The van der Waals surface area contributed by atoms with E-state index in [1.54, 1.807) is 11.8 Å². The molecule has 2 nitrogen and oxygen atoms in total. The summed E-state index contributed by atoms with van der Waals surface area (Å²) in [6.45, 7) is 2.15. The molecule has 0 amide bonds. The van der Waals surface area contributed by atoms with Gasteiger partial charge in [0.05, 0.1) is 6.42 Å². The maximum atomic E-state index is 10.4. The van der Waals surface area contributed by atoms with Gasteiger partial charge in [0.25, 0.3) is 0 Å². The van der Waals surface area contributed by atoms with Crippen molar-refractivity contribution in [2.24, 2.45) is 0 Å². The van der Waals surface area contributed by atoms with E-state index in [1.165, 1.54) is 0 Å². The number of unbranched alkanes of at least 4 members (excludes halogenated alkanes) is 1. The van der Waals surface area contributed by atoms with Crippen LogP contribution in [0, 0.1) is 0 Å². The van der Waals surface area contributed by atoms with E-state index in [-0.39, 0.29) is 6.42 Å². The molecule has 0 aliphatic rings. The number of aliphatic carboxylic acids is 1. The number of carboxylic acid groups (broad SMARTS) is 1. The summed E-state index contributed by atoms with van der Waals surface area (Å²) in [7, 11) is 0. The lowest BCUT2D eigenvalue weighted by Gasteiger charge is -1.96. The van der Waals surface area contributed by atoms with Gasteiger partial charge >= 0.3 is 5.97 Å². The molecule has 0 radical (unpaired) electrons. The summed E-state index contributed by atoms with van der Waals surface area (Å²) in [4.78, 5) is 10.4. The van der Waals surface area contributed by atoms with Gasteiger partial charge in [0.15, 0.2) is 0 Å². The SMILES string of the molecule is CCC=CCC=CCC=CCC=CCC=CCC=CCCCSCCC(=O)O. The van der Waals surface area contributed by atoms with Crippen molar-refractivity contribution in [3.05, 3.63) is 72.9 Å². The van der Waals surface area contributed by atoms with Crippen LogP contribution in [0.5, 0.6) is 0 Å². The molecular weight excluding hydrogens is 364 g/mol. The molecule has 0 bridgehead atoms. The van der Waals surface area contributed by atoms with Gasteiger partial charge in [0.2, 0.25) is 0 Å². The Bertz CT molecular complexity index is 525. The molecule has 0 rings (SSSR count). The summed E-state index contributed by atoms with van der Waals surface area (Å²) in [5, 5.41) is 8.54. The summed E-state index contributed by atoms with van der Waals surface area (Å²) in [6, 6.07) is 0. The van der Waals surface area contributed by atoms with Crippen LogP contribution in [0.25, 0.3) is 0 Å². The van der Waals surface area contributed by atoms with E-state index in [9.17, 15) is 4.79 Å². The van der Waals surface area contributed by atoms with Gasteiger partial charge in [0.1, 0.15) is 0 Å². The molecule has 0 atom stereocenters. The van der Waals surface area contributed by atoms with Crippen molar-refractivity contribution in [3.63, 3.8) is 0 Å². The first-order chi connectivity index (χ1) is 13.8. The van der Waals surface area contributed by atoms with Crippen molar-refractivity contribution in [1.82, 2.24) is 0 Å². The van der Waals surface area contributed by atoms with E-state index in [0.717, 1.165) is 62.9 Å². The highest BCUT2D eigenvalue weighted by Gasteiger charge is 1.95. The third kappa shape index (κ3) is 24.3. The number of allylic oxidation sites excluding steroid dienone is 12. The summed E-state index contributed by atoms with van der Waals surface area (Å²) in [6.07, 6.45) is 35.1. The van der Waals surface area contributed by atoms with Crippen LogP contribution in [0.15, 0.2) is 72.9 Å². The molecule has 0 aromatic rings. The highest BCUT2D eigenvalue weighted by atomic mass is 32.2. The average molecular weight is 403 g/mol. The second kappa shape index (κ2) is 23.3. The van der Waals surface area contributed by atoms with Gasteiger partial charge in [-0.25, -0.2) is 0 Å². The predicted molar refractivity (Wildman–Crippen MR) is 127 cm³/mol. The highest BCUT2D eigenvalue weighted by Crippen LogP contribution is 2.07. The number of rotatable bonds is 18. The van der Waals surface area contributed by atoms with Crippen LogP contribution in [0.1, 0.15) is 64.7 Å². The minimum absolute atomic E-state index is 0.268. The van der Waals surface area contributed by atoms with Gasteiger partial charge < -0.3 is 5.11 Å². The molecule has 28 heavy (non-hydrogen) atoms. The third-order valence-corrected chi connectivity index (χ3v) is 4.79. The molecular formula is C25H38O2S. The normalized spacial score (nSPS) is 12.9. The topological polar surface area (TPSA) is 37.3 Å². The number of hydrogen-bond donors (Lipinski definition) is 1. The Morgan fingerprint density at radius 2 is 1.11 bits per heavy atom. The van der Waals surface area contributed by atoms with Crippen LogP contribution in [0.2, 0.25) is 0 Å². The molecule has 0 fully saturated rings. The van der Waals surface area contributed by atoms with Gasteiger partial charge in [-0.05, 0) is 57.1 Å². The minimum atomic E-state index is -0.704. The molecule has 0 aliphatic carbocycles. The van der Waals surface area contributed by atoms with E-state index < -0.39 is 5.97 Å². The largest absolute Gasteiger partial charge is 0.481 e. The molecule has 0 saturated heterocycles. The van der Waals surface area contributed by atoms with Crippen LogP contribution in [-0.4, -0.2) is 22.6 Å². The van der Waals surface area contributed by atoms with E-state index in [1.807, 2.05) is 0 Å². The van der Waals surface area contributed by atoms with Crippen molar-refractivity contribution >= 4 is 17.7 Å². The lowest BCUT2D eigenvalue weighted by atomic mass is 10.2. The fourth-order valence-corrected chi connectivity index (χ4v) is 3.10. The van der Waals surface area contributed by atoms with Gasteiger partial charge in [0, 0.05) is 5.75 Å². The molecule has 0 aromatic carbocycles. The van der Waals surface area contributed by atoms with Crippen molar-refractivity contribution < 1.29 is 9.90 Å². The molecule has 0 aromatic heterocycles. The van der Waals surface area contributed by atoms with Crippen LogP contribution in [0.4, 0.5) is 0 Å². The highest BCUT2D eigenvalue weighted by molar-refractivity contribution is 7.99. The van der Waals surface area contributed by atoms with Crippen LogP contribution in [-0.2, 0) is 4.79 Å². The minimum Gasteiger partial charge on any atom is -0.481 e. The predicted octanol–water partition coefficient (Wildman–Crippen LogP) is 7.67. The number of hydrogen-bond acceptors (Lipinski definition) is 2. The molecule has 0 unspecified atom stereocenters. The first-order valence-corrected chi connectivity index (χ1v) is 11.6. The molecule has 0 saturated carbocycles. The second-order valence-electron chi connectivity index (χ2n) is 6.31. The number of thioether (sulfide) groups is 1. The lowest BCUT2D eigenvalue weighted by Crippen LogP contribution is -1.96. The van der Waals surface area contributed by atoms with Crippen molar-refractivity contribution in [3.8, 4) is 0 Å². The lowest BCUT2D eigenvalue weighted by molar-refractivity contribution is -0.136. The Morgan fingerprint density at radius 3 is 1.54 bits per heavy atom. The summed E-state index contributed by atoms with van der Waals surface area (Å²) in [5.41, 5.74) is 0. The zero-order chi connectivity index (χ0) is 20.5. The Kier molecular flexibility index (Phi) is 21.9. The molecule has 0 heterocycles. The monoisotopic (exact) mass is 402 g/mol. The number of carbonyl (C=O) groups is 1. The Labute approximate surface area is 176 Å². The van der Waals surface area contributed by atoms with Crippen LogP contribution >= 0.6 is 11.8 Å². The number of carboxylic acids is 1. The molecule has 156 valence electrons. The van der Waals surface area contributed by atoms with Gasteiger partial charge in [-0.15, -0.1) is 0 Å². The zero-order valence-electron chi connectivity index (χ0n) is 17.5. The summed E-state index contributed by atoms with van der Waals surface area (Å²) < 4.78 is 0. The summed E-state index contributed by atoms with van der Waals surface area (Å²) in [5.74, 6) is 1.06. The molecule has 0 aliphatic heterocycles. The Morgan fingerprint density at radius 1 is 0.679 bits per heavy atom. The quantitative estimate of drug-likeness (QED) is 0.189. The van der Waals surface area contributed by atoms with E-state index in [4.69, 9.17) is 5.11 Å². The Hall–Kier alpha value is -1.74. The maximum absolute atomic E-state index is 10.4. The average Bonchev–Trinajstić information content (AvgIpc) is 2.68. The molecule has 1 N–H and O–H groups in total. The third-order valence-electron chi connectivity index (χ3n) is 3.72. The fraction of sp³-hybridized carbons (Fsp3) is 0.480. The van der Waals surface area contributed by atoms with Crippen LogP contribution < -0.4 is 0 Å². The van der Waals surface area contributed by atoms with Crippen molar-refractivity contribution in [2.45, 2.75) is 64.7 Å². The van der Waals surface area contributed by atoms with Crippen molar-refractivity contribution in [1.29, 1.82) is 0 Å². The molecule has 0 spiro atoms. The Balaban J connectivity index is 3.45. The fourth-order valence-electron chi connectivity index (χ4n) is 2.20. The molecule has 3 heteroatoms. The smallest absolute Gasteiger partial charge is 0.304 e. The zero-order valence-corrected chi connectivity index (χ0v) is 18.3. The van der Waals surface area contributed by atoms with Crippen LogP contribution in [0.3, 0.4) is 0 Å². The first kappa shape index (κ1) is 26.3. The summed E-state index contributed by atoms with van der Waals surface area (Å²) >= 11 is 1.72. The van der Waals surface area contributed by atoms with E-state index >= 15 is 0 Å². The second-order valence-corrected chi connectivity index (χ2v) is 7.54. The van der Waals surface area contributed by atoms with Gasteiger partial charge in [-0.3, -0.25) is 4.79 Å². The van der Waals surface area contributed by atoms with Crippen molar-refractivity contribution in [2.75, 3.05) is 11.5 Å².